The number of thiol groups is 1. The summed E-state index contributed by atoms with van der Waals surface area (Å²) in [5.41, 5.74) is 6.53. The van der Waals surface area contributed by atoms with E-state index in [0.29, 0.717) is 11.1 Å². The monoisotopic (exact) mass is 350 g/mol. The minimum Gasteiger partial charge on any atom is -0.480 e. The SMILES string of the molecule is N[C@@H](CCS(=O)(=O)NCc1ccc(C[SH](=O)=O)cc1)C(=O)O. The smallest absolute Gasteiger partial charge is 0.320 e. The second-order valence-corrected chi connectivity index (χ2v) is 7.59. The van der Waals surface area contributed by atoms with E-state index in [-0.39, 0.29) is 24.5 Å². The summed E-state index contributed by atoms with van der Waals surface area (Å²) in [5, 5.41) is 8.59. The fourth-order valence-corrected chi connectivity index (χ4v) is 3.19. The van der Waals surface area contributed by atoms with Gasteiger partial charge in [0.25, 0.3) is 0 Å². The standard InChI is InChI=1S/C12H18N2O6S2/c13-11(12(15)16)5-6-22(19,20)14-7-9-1-3-10(4-2-9)8-21(17)18/h1-4,11,14,21H,5-8,13H2,(H,15,16)/t11-/m0/s1. The normalized spacial score (nSPS) is 13.2. The molecule has 0 bridgehead atoms. The molecule has 0 spiro atoms. The summed E-state index contributed by atoms with van der Waals surface area (Å²) in [7, 11) is -6.13. The summed E-state index contributed by atoms with van der Waals surface area (Å²) in [6.07, 6.45) is -0.180. The van der Waals surface area contributed by atoms with Gasteiger partial charge in [0.05, 0.1) is 11.5 Å². The van der Waals surface area contributed by atoms with Crippen LogP contribution in [0.3, 0.4) is 0 Å². The number of nitrogens with two attached hydrogens (primary N) is 1. The number of rotatable bonds is 9. The van der Waals surface area contributed by atoms with E-state index in [0.717, 1.165) is 0 Å². The quantitative estimate of drug-likeness (QED) is 0.419. The number of carboxylic acids is 1. The van der Waals surface area contributed by atoms with Crippen LogP contribution in [0.1, 0.15) is 17.5 Å². The first kappa shape index (κ1) is 18.6. The van der Waals surface area contributed by atoms with E-state index in [9.17, 15) is 21.6 Å². The van der Waals surface area contributed by atoms with Crippen LogP contribution in [0.25, 0.3) is 0 Å². The highest BCUT2D eigenvalue weighted by atomic mass is 32.2. The minimum absolute atomic E-state index is 0.0361. The van der Waals surface area contributed by atoms with E-state index in [4.69, 9.17) is 10.8 Å². The van der Waals surface area contributed by atoms with E-state index < -0.39 is 32.7 Å². The van der Waals surface area contributed by atoms with Gasteiger partial charge in [-0.05, 0) is 17.5 Å². The van der Waals surface area contributed by atoms with Crippen LogP contribution >= 0.6 is 0 Å². The average Bonchev–Trinajstić information content (AvgIpc) is 2.43. The van der Waals surface area contributed by atoms with Crippen LogP contribution in [0, 0.1) is 0 Å². The van der Waals surface area contributed by atoms with Crippen LogP contribution in [-0.2, 0) is 37.8 Å². The van der Waals surface area contributed by atoms with Gasteiger partial charge >= 0.3 is 5.97 Å². The molecular formula is C12H18N2O6S2. The molecule has 10 heteroatoms. The maximum absolute atomic E-state index is 11.7. The van der Waals surface area contributed by atoms with Gasteiger partial charge in [0.2, 0.25) is 10.0 Å². The van der Waals surface area contributed by atoms with Crippen LogP contribution in [-0.4, -0.2) is 39.7 Å². The van der Waals surface area contributed by atoms with Crippen molar-refractivity contribution in [1.29, 1.82) is 0 Å². The van der Waals surface area contributed by atoms with Crippen LogP contribution in [0.4, 0.5) is 0 Å². The molecule has 124 valence electrons. The van der Waals surface area contributed by atoms with E-state index >= 15 is 0 Å². The van der Waals surface area contributed by atoms with Crippen molar-refractivity contribution < 1.29 is 26.7 Å². The highest BCUT2D eigenvalue weighted by Gasteiger charge is 2.17. The molecule has 1 aromatic carbocycles. The lowest BCUT2D eigenvalue weighted by molar-refractivity contribution is -0.138. The van der Waals surface area contributed by atoms with Gasteiger partial charge in [0, 0.05) is 6.54 Å². The zero-order valence-corrected chi connectivity index (χ0v) is 13.3. The van der Waals surface area contributed by atoms with Crippen molar-refractivity contribution in [3.05, 3.63) is 35.4 Å². The molecule has 1 atom stereocenters. The zero-order valence-electron chi connectivity index (χ0n) is 11.6. The number of carboxylic acid groups (broad SMARTS) is 1. The van der Waals surface area contributed by atoms with Crippen LogP contribution in [0.15, 0.2) is 24.3 Å². The number of aliphatic carboxylic acids is 1. The molecule has 0 aliphatic carbocycles. The predicted octanol–water partition coefficient (Wildman–Crippen LogP) is -0.981. The molecule has 22 heavy (non-hydrogen) atoms. The Bertz CT molecular complexity index is 674. The Hall–Kier alpha value is -1.49. The zero-order chi connectivity index (χ0) is 16.8. The summed E-state index contributed by atoms with van der Waals surface area (Å²) >= 11 is 0. The lowest BCUT2D eigenvalue weighted by Crippen LogP contribution is -2.35. The Balaban J connectivity index is 2.52. The van der Waals surface area contributed by atoms with E-state index in [2.05, 4.69) is 4.72 Å². The van der Waals surface area contributed by atoms with Gasteiger partial charge in [-0.2, -0.15) is 0 Å². The third-order valence-corrected chi connectivity index (χ3v) is 4.83. The van der Waals surface area contributed by atoms with Crippen molar-refractivity contribution in [2.24, 2.45) is 5.73 Å². The summed E-state index contributed by atoms with van der Waals surface area (Å²) in [6.45, 7) is 0.0361. The minimum atomic E-state index is -3.63. The first-order valence-electron chi connectivity index (χ1n) is 6.35. The third-order valence-electron chi connectivity index (χ3n) is 2.85. The third kappa shape index (κ3) is 6.98. The molecule has 0 fully saturated rings. The van der Waals surface area contributed by atoms with Gasteiger partial charge in [0.1, 0.15) is 16.7 Å². The first-order valence-corrected chi connectivity index (χ1v) is 9.36. The second-order valence-electron chi connectivity index (χ2n) is 4.68. The molecule has 0 radical (unpaired) electrons. The Labute approximate surface area is 130 Å². The van der Waals surface area contributed by atoms with E-state index in [1.54, 1.807) is 24.3 Å². The number of carbonyl (C=O) groups is 1. The average molecular weight is 350 g/mol. The maximum Gasteiger partial charge on any atom is 0.320 e. The van der Waals surface area contributed by atoms with Gasteiger partial charge < -0.3 is 10.8 Å². The fourth-order valence-electron chi connectivity index (χ4n) is 1.58. The van der Waals surface area contributed by atoms with Gasteiger partial charge in [0.15, 0.2) is 0 Å². The van der Waals surface area contributed by atoms with Crippen molar-refractivity contribution in [2.75, 3.05) is 5.75 Å². The first-order chi connectivity index (χ1) is 10.2. The Kier molecular flexibility index (Phi) is 6.94. The number of hydrogen-bond acceptors (Lipinski definition) is 6. The predicted molar refractivity (Wildman–Crippen MR) is 81.3 cm³/mol. The second kappa shape index (κ2) is 8.22. The van der Waals surface area contributed by atoms with Gasteiger partial charge in [-0.3, -0.25) is 4.79 Å². The fraction of sp³-hybridized carbons (Fsp3) is 0.417. The van der Waals surface area contributed by atoms with Crippen molar-refractivity contribution in [3.8, 4) is 0 Å². The Morgan fingerprint density at radius 1 is 1.23 bits per heavy atom. The Morgan fingerprint density at radius 2 is 1.77 bits per heavy atom. The van der Waals surface area contributed by atoms with Gasteiger partial charge in [-0.1, -0.05) is 24.3 Å². The molecule has 0 saturated carbocycles. The topological polar surface area (TPSA) is 144 Å². The molecule has 0 aromatic heterocycles. The van der Waals surface area contributed by atoms with Crippen LogP contribution in [0.5, 0.6) is 0 Å². The molecule has 1 aromatic rings. The number of hydrogen-bond donors (Lipinski definition) is 4. The largest absolute Gasteiger partial charge is 0.480 e. The summed E-state index contributed by atoms with van der Waals surface area (Å²) in [5.74, 6) is -1.69. The van der Waals surface area contributed by atoms with E-state index in [1.165, 1.54) is 0 Å². The maximum atomic E-state index is 11.7. The molecule has 0 saturated heterocycles. The van der Waals surface area contributed by atoms with Gasteiger partial charge in [-0.25, -0.2) is 21.6 Å². The highest BCUT2D eigenvalue weighted by molar-refractivity contribution is 7.89. The van der Waals surface area contributed by atoms with Gasteiger partial charge in [-0.15, -0.1) is 0 Å². The van der Waals surface area contributed by atoms with E-state index in [1.807, 2.05) is 0 Å². The highest BCUT2D eigenvalue weighted by Crippen LogP contribution is 2.06. The molecular weight excluding hydrogens is 332 g/mol. The van der Waals surface area contributed by atoms with Crippen molar-refractivity contribution in [1.82, 2.24) is 4.72 Å². The molecule has 0 heterocycles. The molecule has 0 amide bonds. The number of benzene rings is 1. The summed E-state index contributed by atoms with van der Waals surface area (Å²) in [4.78, 5) is 10.5. The van der Waals surface area contributed by atoms with Crippen molar-refractivity contribution >= 4 is 26.7 Å². The molecule has 1 rings (SSSR count). The lowest BCUT2D eigenvalue weighted by Gasteiger charge is -2.09. The summed E-state index contributed by atoms with van der Waals surface area (Å²) < 4.78 is 46.9. The molecule has 0 aliphatic rings. The lowest BCUT2D eigenvalue weighted by atomic mass is 10.1. The molecule has 0 aliphatic heterocycles. The number of nitrogens with one attached hydrogen (secondary N) is 1. The van der Waals surface area contributed by atoms with Crippen LogP contribution < -0.4 is 10.5 Å². The van der Waals surface area contributed by atoms with Crippen molar-refractivity contribution in [3.63, 3.8) is 0 Å². The molecule has 0 unspecified atom stereocenters. The Morgan fingerprint density at radius 3 is 2.27 bits per heavy atom. The number of sulfonamides is 1. The molecule has 4 N–H and O–H groups in total. The molecule has 8 nitrogen and oxygen atoms in total. The van der Waals surface area contributed by atoms with Crippen LogP contribution in [0.2, 0.25) is 0 Å². The summed E-state index contributed by atoms with van der Waals surface area (Å²) in [6, 6.07) is 5.24. The van der Waals surface area contributed by atoms with Crippen molar-refractivity contribution in [2.45, 2.75) is 24.8 Å².